The molecule has 1 amide bonds. The van der Waals surface area contributed by atoms with Crippen LogP contribution in [-0.2, 0) is 6.42 Å². The van der Waals surface area contributed by atoms with Gasteiger partial charge < -0.3 is 10.6 Å². The fourth-order valence-corrected chi connectivity index (χ4v) is 2.15. The van der Waals surface area contributed by atoms with Gasteiger partial charge in [-0.1, -0.05) is 0 Å². The number of amides is 1. The van der Waals surface area contributed by atoms with E-state index in [1.54, 1.807) is 18.3 Å². The Balaban J connectivity index is 1.97. The highest BCUT2D eigenvalue weighted by atomic mass is 19.1. The Morgan fingerprint density at radius 2 is 1.91 bits per heavy atom. The van der Waals surface area contributed by atoms with Gasteiger partial charge in [0.25, 0.3) is 5.91 Å². The lowest BCUT2D eigenvalue weighted by Crippen LogP contribution is -2.27. The van der Waals surface area contributed by atoms with E-state index >= 15 is 0 Å². The summed E-state index contributed by atoms with van der Waals surface area (Å²) < 4.78 is 26.2. The normalized spacial score (nSPS) is 10.7. The summed E-state index contributed by atoms with van der Waals surface area (Å²) in [6.07, 6.45) is 1.95. The summed E-state index contributed by atoms with van der Waals surface area (Å²) in [6, 6.07) is 6.83. The number of rotatable bonds is 6. The van der Waals surface area contributed by atoms with Crippen LogP contribution in [0.1, 0.15) is 29.8 Å². The Labute approximate surface area is 133 Å². The third kappa shape index (κ3) is 5.02. The van der Waals surface area contributed by atoms with E-state index in [9.17, 15) is 13.6 Å². The summed E-state index contributed by atoms with van der Waals surface area (Å²) in [6.45, 7) is 4.18. The van der Waals surface area contributed by atoms with Gasteiger partial charge in [-0.15, -0.1) is 0 Å². The van der Waals surface area contributed by atoms with E-state index < -0.39 is 11.6 Å². The van der Waals surface area contributed by atoms with Crippen LogP contribution >= 0.6 is 0 Å². The van der Waals surface area contributed by atoms with Gasteiger partial charge in [0.05, 0.1) is 5.56 Å². The van der Waals surface area contributed by atoms with Crippen molar-refractivity contribution < 1.29 is 13.6 Å². The summed E-state index contributed by atoms with van der Waals surface area (Å²) in [5.41, 5.74) is 0.932. The van der Waals surface area contributed by atoms with E-state index in [1.165, 1.54) is 12.1 Å². The molecule has 122 valence electrons. The number of aromatic nitrogens is 1. The number of nitrogens with one attached hydrogen (secondary N) is 2. The van der Waals surface area contributed by atoms with Crippen molar-refractivity contribution in [2.45, 2.75) is 26.3 Å². The molecular formula is C17H19F2N3O. The Morgan fingerprint density at radius 1 is 1.22 bits per heavy atom. The molecule has 1 heterocycles. The minimum Gasteiger partial charge on any atom is -0.367 e. The second-order valence-corrected chi connectivity index (χ2v) is 5.48. The second kappa shape index (κ2) is 7.67. The zero-order chi connectivity index (χ0) is 16.8. The SMILES string of the molecule is CC(C)Nc1ncccc1C(=O)NCCc1cc(F)cc(F)c1. The molecule has 0 saturated heterocycles. The van der Waals surface area contributed by atoms with E-state index in [0.29, 0.717) is 23.4 Å². The molecule has 2 rings (SSSR count). The first-order valence-corrected chi connectivity index (χ1v) is 7.40. The topological polar surface area (TPSA) is 54.0 Å². The van der Waals surface area contributed by atoms with E-state index in [2.05, 4.69) is 15.6 Å². The Bertz CT molecular complexity index is 669. The zero-order valence-corrected chi connectivity index (χ0v) is 13.1. The van der Waals surface area contributed by atoms with Gasteiger partial charge in [-0.3, -0.25) is 4.79 Å². The number of hydrogen-bond donors (Lipinski definition) is 2. The van der Waals surface area contributed by atoms with Crippen molar-refractivity contribution in [3.63, 3.8) is 0 Å². The van der Waals surface area contributed by atoms with Gasteiger partial charge in [0.1, 0.15) is 17.5 Å². The molecule has 0 unspecified atom stereocenters. The maximum atomic E-state index is 13.1. The molecule has 0 aliphatic rings. The fourth-order valence-electron chi connectivity index (χ4n) is 2.15. The highest BCUT2D eigenvalue weighted by Gasteiger charge is 2.12. The third-order valence-electron chi connectivity index (χ3n) is 3.10. The number of nitrogens with zero attached hydrogens (tertiary/aromatic N) is 1. The first kappa shape index (κ1) is 16.9. The van der Waals surface area contributed by atoms with Gasteiger partial charge in [0, 0.05) is 24.8 Å². The molecule has 0 fully saturated rings. The van der Waals surface area contributed by atoms with Crippen LogP contribution in [0.3, 0.4) is 0 Å². The van der Waals surface area contributed by atoms with Crippen molar-refractivity contribution in [1.29, 1.82) is 0 Å². The van der Waals surface area contributed by atoms with Crippen molar-refractivity contribution in [3.8, 4) is 0 Å². The van der Waals surface area contributed by atoms with Gasteiger partial charge >= 0.3 is 0 Å². The third-order valence-corrected chi connectivity index (χ3v) is 3.10. The molecule has 0 spiro atoms. The lowest BCUT2D eigenvalue weighted by molar-refractivity contribution is 0.0954. The second-order valence-electron chi connectivity index (χ2n) is 5.48. The van der Waals surface area contributed by atoms with Crippen molar-refractivity contribution in [1.82, 2.24) is 10.3 Å². The number of carbonyl (C=O) groups is 1. The van der Waals surface area contributed by atoms with E-state index in [0.717, 1.165) is 6.07 Å². The monoisotopic (exact) mass is 319 g/mol. The number of carbonyl (C=O) groups excluding carboxylic acids is 1. The minimum absolute atomic E-state index is 0.145. The summed E-state index contributed by atoms with van der Waals surface area (Å²) >= 11 is 0. The molecule has 1 aromatic carbocycles. The molecule has 2 aromatic rings. The molecule has 0 radical (unpaired) electrons. The van der Waals surface area contributed by atoms with Crippen molar-refractivity contribution in [2.24, 2.45) is 0 Å². The van der Waals surface area contributed by atoms with Crippen LogP contribution in [0.15, 0.2) is 36.5 Å². The maximum absolute atomic E-state index is 13.1. The first-order chi connectivity index (χ1) is 11.0. The lowest BCUT2D eigenvalue weighted by atomic mass is 10.1. The predicted molar refractivity (Wildman–Crippen MR) is 85.4 cm³/mol. The van der Waals surface area contributed by atoms with E-state index in [4.69, 9.17) is 0 Å². The number of pyridine rings is 1. The highest BCUT2D eigenvalue weighted by Crippen LogP contribution is 2.13. The van der Waals surface area contributed by atoms with Crippen molar-refractivity contribution >= 4 is 11.7 Å². The van der Waals surface area contributed by atoms with Crippen LogP contribution in [0.5, 0.6) is 0 Å². The number of hydrogen-bond acceptors (Lipinski definition) is 3. The summed E-state index contributed by atoms with van der Waals surface area (Å²) in [4.78, 5) is 16.4. The molecular weight excluding hydrogens is 300 g/mol. The molecule has 2 N–H and O–H groups in total. The van der Waals surface area contributed by atoms with E-state index in [1.807, 2.05) is 13.8 Å². The number of benzene rings is 1. The zero-order valence-electron chi connectivity index (χ0n) is 13.1. The first-order valence-electron chi connectivity index (χ1n) is 7.40. The van der Waals surface area contributed by atoms with Crippen molar-refractivity contribution in [3.05, 3.63) is 59.3 Å². The Morgan fingerprint density at radius 3 is 2.57 bits per heavy atom. The van der Waals surface area contributed by atoms with Gasteiger partial charge in [0.2, 0.25) is 0 Å². The van der Waals surface area contributed by atoms with Crippen molar-refractivity contribution in [2.75, 3.05) is 11.9 Å². The quantitative estimate of drug-likeness (QED) is 0.860. The Hall–Kier alpha value is -2.50. The average molecular weight is 319 g/mol. The molecule has 0 aliphatic carbocycles. The van der Waals surface area contributed by atoms with Crippen LogP contribution in [0.2, 0.25) is 0 Å². The molecule has 1 aromatic heterocycles. The Kier molecular flexibility index (Phi) is 5.62. The van der Waals surface area contributed by atoms with Gasteiger partial charge in [-0.2, -0.15) is 0 Å². The number of halogens is 2. The summed E-state index contributed by atoms with van der Waals surface area (Å²) in [5, 5.41) is 5.84. The van der Waals surface area contributed by atoms with Crippen LogP contribution in [0.25, 0.3) is 0 Å². The molecule has 0 aliphatic heterocycles. The summed E-state index contributed by atoms with van der Waals surface area (Å²) in [5.74, 6) is -1.01. The molecule has 0 bridgehead atoms. The molecule has 0 saturated carbocycles. The van der Waals surface area contributed by atoms with Gasteiger partial charge in [-0.05, 0) is 50.1 Å². The standard InChI is InChI=1S/C17H19F2N3O/c1-11(2)22-16-15(4-3-6-20-16)17(23)21-7-5-12-8-13(18)10-14(19)9-12/h3-4,6,8-11H,5,7H2,1-2H3,(H,20,22)(H,21,23). The van der Waals surface area contributed by atoms with Crippen LogP contribution in [-0.4, -0.2) is 23.5 Å². The largest absolute Gasteiger partial charge is 0.367 e. The van der Waals surface area contributed by atoms with Crippen LogP contribution in [0, 0.1) is 11.6 Å². The fraction of sp³-hybridized carbons (Fsp3) is 0.294. The smallest absolute Gasteiger partial charge is 0.255 e. The molecule has 23 heavy (non-hydrogen) atoms. The van der Waals surface area contributed by atoms with Crippen LogP contribution in [0.4, 0.5) is 14.6 Å². The van der Waals surface area contributed by atoms with Gasteiger partial charge in [0.15, 0.2) is 0 Å². The lowest BCUT2D eigenvalue weighted by Gasteiger charge is -2.13. The average Bonchev–Trinajstić information content (AvgIpc) is 2.46. The highest BCUT2D eigenvalue weighted by molar-refractivity contribution is 5.98. The van der Waals surface area contributed by atoms with Gasteiger partial charge in [-0.25, -0.2) is 13.8 Å². The van der Waals surface area contributed by atoms with Crippen LogP contribution < -0.4 is 10.6 Å². The minimum atomic E-state index is -0.623. The maximum Gasteiger partial charge on any atom is 0.255 e. The van der Waals surface area contributed by atoms with E-state index in [-0.39, 0.29) is 18.5 Å². The molecule has 4 nitrogen and oxygen atoms in total. The predicted octanol–water partition coefficient (Wildman–Crippen LogP) is 3.15. The summed E-state index contributed by atoms with van der Waals surface area (Å²) in [7, 11) is 0. The molecule has 6 heteroatoms. The number of anilines is 1. The molecule has 0 atom stereocenters.